The third-order valence-electron chi connectivity index (χ3n) is 3.92. The molecule has 0 aliphatic carbocycles. The van der Waals surface area contributed by atoms with Crippen molar-refractivity contribution in [2.24, 2.45) is 0 Å². The van der Waals surface area contributed by atoms with Crippen LogP contribution in [0.2, 0.25) is 0 Å². The van der Waals surface area contributed by atoms with Gasteiger partial charge in [0.15, 0.2) is 0 Å². The monoisotopic (exact) mass is 309 g/mol. The first-order chi connectivity index (χ1) is 11.1. The minimum absolute atomic E-state index is 0.335. The van der Waals surface area contributed by atoms with Crippen molar-refractivity contribution in [3.63, 3.8) is 0 Å². The normalized spacial score (nSPS) is 13.7. The van der Waals surface area contributed by atoms with E-state index >= 15 is 0 Å². The van der Waals surface area contributed by atoms with E-state index in [0.29, 0.717) is 0 Å². The van der Waals surface area contributed by atoms with Crippen LogP contribution in [0.15, 0.2) is 73.3 Å². The average Bonchev–Trinajstić information content (AvgIpc) is 2.57. The Kier molecular flexibility index (Phi) is 6.57. The molecule has 23 heavy (non-hydrogen) atoms. The predicted molar refractivity (Wildman–Crippen MR) is 96.7 cm³/mol. The highest BCUT2D eigenvalue weighted by Gasteiger charge is 2.24. The molecule has 0 bridgehead atoms. The maximum atomic E-state index is 6.35. The van der Waals surface area contributed by atoms with Crippen molar-refractivity contribution in [1.29, 1.82) is 0 Å². The van der Waals surface area contributed by atoms with Gasteiger partial charge in [-0.3, -0.25) is 4.84 Å². The van der Waals surface area contributed by atoms with Crippen molar-refractivity contribution in [1.82, 2.24) is 5.06 Å². The van der Waals surface area contributed by atoms with E-state index in [1.165, 1.54) is 11.1 Å². The highest BCUT2D eigenvalue weighted by atomic mass is 16.7. The number of hydrogen-bond donors (Lipinski definition) is 0. The maximum absolute atomic E-state index is 6.35. The number of nitrogens with zero attached hydrogens (tertiary/aromatic N) is 1. The first-order valence-electron chi connectivity index (χ1n) is 8.31. The van der Waals surface area contributed by atoms with Crippen molar-refractivity contribution in [3.05, 3.63) is 84.4 Å². The van der Waals surface area contributed by atoms with Crippen LogP contribution in [0.3, 0.4) is 0 Å². The lowest BCUT2D eigenvalue weighted by atomic mass is 10.0. The molecule has 2 aromatic carbocycles. The van der Waals surface area contributed by atoms with E-state index in [4.69, 9.17) is 4.84 Å². The molecule has 0 aliphatic rings. The van der Waals surface area contributed by atoms with Crippen LogP contribution in [-0.4, -0.2) is 10.7 Å². The molecular formula is C21H27NO. The molecule has 0 radical (unpaired) electrons. The zero-order valence-electron chi connectivity index (χ0n) is 14.2. The second kappa shape index (κ2) is 8.66. The van der Waals surface area contributed by atoms with Crippen LogP contribution in [0.1, 0.15) is 37.8 Å². The summed E-state index contributed by atoms with van der Waals surface area (Å²) in [5.74, 6) is 0. The second-order valence-corrected chi connectivity index (χ2v) is 6.13. The van der Waals surface area contributed by atoms with Crippen molar-refractivity contribution in [2.75, 3.05) is 0 Å². The Hall–Kier alpha value is -1.90. The van der Waals surface area contributed by atoms with Crippen LogP contribution in [0.4, 0.5) is 0 Å². The molecule has 2 rings (SSSR count). The lowest BCUT2D eigenvalue weighted by molar-refractivity contribution is -0.238. The first kappa shape index (κ1) is 17.5. The smallest absolute Gasteiger partial charge is 0.105 e. The highest BCUT2D eigenvalue weighted by Crippen LogP contribution is 2.23. The third-order valence-corrected chi connectivity index (χ3v) is 3.92. The summed E-state index contributed by atoms with van der Waals surface area (Å²) in [4.78, 5) is 6.35. The Balaban J connectivity index is 2.15. The van der Waals surface area contributed by atoms with E-state index in [0.717, 1.165) is 25.9 Å². The number of benzene rings is 2. The predicted octanol–water partition coefficient (Wildman–Crippen LogP) is 5.37. The third kappa shape index (κ3) is 5.66. The molecule has 0 saturated heterocycles. The van der Waals surface area contributed by atoms with Gasteiger partial charge in [-0.2, -0.15) is 5.06 Å². The quantitative estimate of drug-likeness (QED) is 0.456. The van der Waals surface area contributed by atoms with Gasteiger partial charge in [0.05, 0.1) is 0 Å². The number of hydrogen-bond acceptors (Lipinski definition) is 2. The van der Waals surface area contributed by atoms with Crippen LogP contribution >= 0.6 is 0 Å². The van der Waals surface area contributed by atoms with Gasteiger partial charge in [0.1, 0.15) is 5.60 Å². The molecule has 2 heteroatoms. The maximum Gasteiger partial charge on any atom is 0.105 e. The van der Waals surface area contributed by atoms with Crippen molar-refractivity contribution in [3.8, 4) is 0 Å². The van der Waals surface area contributed by atoms with E-state index < -0.39 is 0 Å². The van der Waals surface area contributed by atoms with Gasteiger partial charge in [-0.25, -0.2) is 0 Å². The van der Waals surface area contributed by atoms with Crippen LogP contribution in [0.5, 0.6) is 0 Å². The zero-order valence-corrected chi connectivity index (χ0v) is 14.2. The summed E-state index contributed by atoms with van der Waals surface area (Å²) in [5.41, 5.74) is 2.15. The van der Waals surface area contributed by atoms with Crippen molar-refractivity contribution >= 4 is 0 Å². The molecule has 2 nitrogen and oxygen atoms in total. The van der Waals surface area contributed by atoms with Crippen molar-refractivity contribution < 1.29 is 4.84 Å². The van der Waals surface area contributed by atoms with E-state index in [1.54, 1.807) is 0 Å². The Morgan fingerprint density at radius 2 is 1.43 bits per heavy atom. The van der Waals surface area contributed by atoms with Gasteiger partial charge >= 0.3 is 0 Å². The second-order valence-electron chi connectivity index (χ2n) is 6.13. The summed E-state index contributed by atoms with van der Waals surface area (Å²) >= 11 is 0. The number of rotatable bonds is 9. The molecule has 0 amide bonds. The molecule has 0 heterocycles. The fourth-order valence-electron chi connectivity index (χ4n) is 2.67. The van der Waals surface area contributed by atoms with Crippen LogP contribution in [-0.2, 0) is 17.9 Å². The lowest BCUT2D eigenvalue weighted by Gasteiger charge is -2.33. The molecule has 0 aromatic heterocycles. The fraction of sp³-hybridized carbons (Fsp3) is 0.333. The molecule has 0 spiro atoms. The standard InChI is InChI=1S/C21H27NO/c1-4-16-21(3,5-2)23-22(17-19-12-8-6-9-13-19)18-20-14-10-7-11-15-20/h5-15H,2,4,16-18H2,1,3H3. The van der Waals surface area contributed by atoms with E-state index in [-0.39, 0.29) is 5.60 Å². The average molecular weight is 309 g/mol. The van der Waals surface area contributed by atoms with Gasteiger partial charge < -0.3 is 0 Å². The van der Waals surface area contributed by atoms with Crippen LogP contribution in [0, 0.1) is 0 Å². The fourth-order valence-corrected chi connectivity index (χ4v) is 2.67. The lowest BCUT2D eigenvalue weighted by Crippen LogP contribution is -2.36. The Morgan fingerprint density at radius 1 is 0.957 bits per heavy atom. The molecule has 0 N–H and O–H groups in total. The largest absolute Gasteiger partial charge is 0.288 e. The number of hydroxylamine groups is 2. The van der Waals surface area contributed by atoms with Gasteiger partial charge in [-0.1, -0.05) is 80.1 Å². The Morgan fingerprint density at radius 3 is 1.83 bits per heavy atom. The molecule has 0 saturated carbocycles. The zero-order chi connectivity index (χ0) is 16.5. The summed E-state index contributed by atoms with van der Waals surface area (Å²) in [6.07, 6.45) is 3.93. The molecule has 0 fully saturated rings. The molecule has 0 aliphatic heterocycles. The summed E-state index contributed by atoms with van der Waals surface area (Å²) in [7, 11) is 0. The summed E-state index contributed by atoms with van der Waals surface area (Å²) in [6, 6.07) is 20.9. The van der Waals surface area contributed by atoms with E-state index in [1.807, 2.05) is 23.3 Å². The molecule has 1 unspecified atom stereocenters. The molecule has 122 valence electrons. The van der Waals surface area contributed by atoms with Crippen LogP contribution in [0.25, 0.3) is 0 Å². The Bertz CT molecular complexity index is 540. The minimum Gasteiger partial charge on any atom is -0.288 e. The Labute approximate surface area is 140 Å². The summed E-state index contributed by atoms with van der Waals surface area (Å²) in [5, 5.41) is 2.04. The van der Waals surface area contributed by atoms with Gasteiger partial charge in [0.2, 0.25) is 0 Å². The van der Waals surface area contributed by atoms with Crippen LogP contribution < -0.4 is 0 Å². The topological polar surface area (TPSA) is 12.5 Å². The summed E-state index contributed by atoms with van der Waals surface area (Å²) in [6.45, 7) is 9.75. The van der Waals surface area contributed by atoms with Gasteiger partial charge in [-0.05, 0) is 24.5 Å². The molecular weight excluding hydrogens is 282 g/mol. The van der Waals surface area contributed by atoms with Gasteiger partial charge in [0, 0.05) is 13.1 Å². The van der Waals surface area contributed by atoms with Gasteiger partial charge in [0.25, 0.3) is 0 Å². The molecule has 1 atom stereocenters. The highest BCUT2D eigenvalue weighted by molar-refractivity contribution is 5.16. The van der Waals surface area contributed by atoms with Gasteiger partial charge in [-0.15, -0.1) is 6.58 Å². The summed E-state index contributed by atoms with van der Waals surface area (Å²) < 4.78 is 0. The minimum atomic E-state index is -0.335. The van der Waals surface area contributed by atoms with E-state index in [9.17, 15) is 0 Å². The van der Waals surface area contributed by atoms with Crippen molar-refractivity contribution in [2.45, 2.75) is 45.4 Å². The first-order valence-corrected chi connectivity index (χ1v) is 8.31. The molecule has 2 aromatic rings. The SMILES string of the molecule is C=CC(C)(CCC)ON(Cc1ccccc1)Cc1ccccc1. The van der Waals surface area contributed by atoms with E-state index in [2.05, 4.69) is 69.0 Å².